The van der Waals surface area contributed by atoms with Gasteiger partial charge >= 0.3 is 5.97 Å². The third-order valence-corrected chi connectivity index (χ3v) is 3.26. The second-order valence-corrected chi connectivity index (χ2v) is 4.97. The van der Waals surface area contributed by atoms with Gasteiger partial charge in [0.2, 0.25) is 5.76 Å². The van der Waals surface area contributed by atoms with E-state index in [1.165, 1.54) is 6.07 Å². The Balaban J connectivity index is 2.03. The molecule has 0 aliphatic rings. The van der Waals surface area contributed by atoms with Gasteiger partial charge in [0.25, 0.3) is 0 Å². The molecule has 0 fully saturated rings. The lowest BCUT2D eigenvalue weighted by Crippen LogP contribution is -2.06. The molecule has 3 aromatic heterocycles. The molecule has 0 atom stereocenters. The highest BCUT2D eigenvalue weighted by Gasteiger charge is 2.15. The zero-order valence-electron chi connectivity index (χ0n) is 12.2. The van der Waals surface area contributed by atoms with Crippen molar-refractivity contribution in [3.63, 3.8) is 0 Å². The van der Waals surface area contributed by atoms with Crippen molar-refractivity contribution >= 4 is 17.1 Å². The number of carboxylic acid groups (broad SMARTS) is 1. The van der Waals surface area contributed by atoms with Crippen molar-refractivity contribution in [1.29, 1.82) is 0 Å². The number of pyridine rings is 1. The van der Waals surface area contributed by atoms with Crippen molar-refractivity contribution in [3.05, 3.63) is 47.3 Å². The number of carboxylic acids is 1. The number of hydrogen-bond donors (Lipinski definition) is 1. The molecule has 3 aromatic rings. The number of carbonyl (C=O) groups is 1. The van der Waals surface area contributed by atoms with E-state index in [0.717, 1.165) is 11.1 Å². The Kier molecular flexibility index (Phi) is 3.64. The lowest BCUT2D eigenvalue weighted by Gasteiger charge is -2.06. The summed E-state index contributed by atoms with van der Waals surface area (Å²) in [6, 6.07) is 5.02. The second kappa shape index (κ2) is 5.61. The Morgan fingerprint density at radius 3 is 2.95 bits per heavy atom. The summed E-state index contributed by atoms with van der Waals surface area (Å²) in [4.78, 5) is 19.8. The van der Waals surface area contributed by atoms with Crippen LogP contribution < -0.4 is 0 Å². The largest absolute Gasteiger partial charge is 0.475 e. The number of aromatic carboxylic acids is 1. The molecule has 1 N–H and O–H groups in total. The Morgan fingerprint density at radius 1 is 1.45 bits per heavy atom. The van der Waals surface area contributed by atoms with Crippen molar-refractivity contribution in [1.82, 2.24) is 14.5 Å². The topological polar surface area (TPSA) is 90.4 Å². The molecular formula is C15H15N3O4. The summed E-state index contributed by atoms with van der Waals surface area (Å²) in [5, 5.41) is 8.92. The summed E-state index contributed by atoms with van der Waals surface area (Å²) < 4.78 is 12.3. The maximum atomic E-state index is 10.9. The van der Waals surface area contributed by atoms with Crippen LogP contribution in [0.15, 0.2) is 28.8 Å². The molecular weight excluding hydrogens is 286 g/mol. The fourth-order valence-electron chi connectivity index (χ4n) is 2.30. The van der Waals surface area contributed by atoms with Gasteiger partial charge in [-0.2, -0.15) is 0 Å². The Morgan fingerprint density at radius 2 is 2.27 bits per heavy atom. The van der Waals surface area contributed by atoms with Gasteiger partial charge in [-0.15, -0.1) is 0 Å². The first-order valence-electron chi connectivity index (χ1n) is 6.71. The van der Waals surface area contributed by atoms with Crippen molar-refractivity contribution in [2.45, 2.75) is 20.1 Å². The second-order valence-electron chi connectivity index (χ2n) is 4.97. The van der Waals surface area contributed by atoms with E-state index >= 15 is 0 Å². The van der Waals surface area contributed by atoms with Gasteiger partial charge in [-0.3, -0.25) is 0 Å². The maximum Gasteiger partial charge on any atom is 0.371 e. The summed E-state index contributed by atoms with van der Waals surface area (Å²) >= 11 is 0. The highest BCUT2D eigenvalue weighted by atomic mass is 16.5. The van der Waals surface area contributed by atoms with Crippen molar-refractivity contribution in [2.24, 2.45) is 0 Å². The first-order valence-corrected chi connectivity index (χ1v) is 6.71. The molecule has 7 nitrogen and oxygen atoms in total. The number of ether oxygens (including phenoxy) is 1. The summed E-state index contributed by atoms with van der Waals surface area (Å²) in [5.41, 5.74) is 2.51. The predicted octanol–water partition coefficient (Wildman–Crippen LogP) is 2.23. The van der Waals surface area contributed by atoms with Gasteiger partial charge in [0.15, 0.2) is 5.65 Å². The van der Waals surface area contributed by atoms with E-state index in [1.54, 1.807) is 19.4 Å². The van der Waals surface area contributed by atoms with Crippen LogP contribution in [-0.2, 0) is 17.9 Å². The number of rotatable bonds is 5. The molecule has 7 heteroatoms. The smallest absolute Gasteiger partial charge is 0.371 e. The lowest BCUT2D eigenvalue weighted by molar-refractivity contribution is 0.0660. The highest BCUT2D eigenvalue weighted by Crippen LogP contribution is 2.19. The molecule has 0 aliphatic carbocycles. The van der Waals surface area contributed by atoms with E-state index in [9.17, 15) is 4.79 Å². The first-order chi connectivity index (χ1) is 10.6. The minimum Gasteiger partial charge on any atom is -0.475 e. The van der Waals surface area contributed by atoms with Crippen LogP contribution >= 0.6 is 0 Å². The molecule has 0 aromatic carbocycles. The van der Waals surface area contributed by atoms with E-state index in [2.05, 4.69) is 9.97 Å². The van der Waals surface area contributed by atoms with Crippen LogP contribution in [0, 0.1) is 6.92 Å². The van der Waals surface area contributed by atoms with Gasteiger partial charge in [-0.1, -0.05) is 0 Å². The average molecular weight is 301 g/mol. The van der Waals surface area contributed by atoms with Gasteiger partial charge in [0.1, 0.15) is 23.7 Å². The van der Waals surface area contributed by atoms with Crippen molar-refractivity contribution < 1.29 is 19.1 Å². The number of fused-ring (bicyclic) bond motifs is 1. The zero-order valence-corrected chi connectivity index (χ0v) is 12.2. The standard InChI is InChI=1S/C15H15N3O4/c1-9-5-11-14(16-6-9)18(13(17-11)8-21-2)7-10-3-4-12(22-10)15(19)20/h3-6H,7-8H2,1-2H3,(H,19,20). The van der Waals surface area contributed by atoms with Gasteiger partial charge in [-0.25, -0.2) is 14.8 Å². The van der Waals surface area contributed by atoms with Crippen molar-refractivity contribution in [3.8, 4) is 0 Å². The summed E-state index contributed by atoms with van der Waals surface area (Å²) in [6.45, 7) is 2.63. The lowest BCUT2D eigenvalue weighted by atomic mass is 10.3. The average Bonchev–Trinajstić information content (AvgIpc) is 3.05. The van der Waals surface area contributed by atoms with Gasteiger partial charge in [0, 0.05) is 13.3 Å². The van der Waals surface area contributed by atoms with Crippen LogP contribution in [0.1, 0.15) is 27.7 Å². The van der Waals surface area contributed by atoms with Crippen LogP contribution in [-0.4, -0.2) is 32.7 Å². The third-order valence-electron chi connectivity index (χ3n) is 3.26. The van der Waals surface area contributed by atoms with Gasteiger partial charge in [0.05, 0.1) is 6.54 Å². The van der Waals surface area contributed by atoms with Crippen molar-refractivity contribution in [2.75, 3.05) is 7.11 Å². The molecule has 0 radical (unpaired) electrons. The molecule has 22 heavy (non-hydrogen) atoms. The Hall–Kier alpha value is -2.67. The summed E-state index contributed by atoms with van der Waals surface area (Å²) in [7, 11) is 1.60. The van der Waals surface area contributed by atoms with E-state index < -0.39 is 5.97 Å². The molecule has 0 unspecified atom stereocenters. The van der Waals surface area contributed by atoms with E-state index in [1.807, 2.05) is 17.6 Å². The minimum atomic E-state index is -1.09. The summed E-state index contributed by atoms with van der Waals surface area (Å²) in [5.74, 6) is 0.0597. The monoisotopic (exact) mass is 301 g/mol. The van der Waals surface area contributed by atoms with E-state index in [-0.39, 0.29) is 5.76 Å². The number of aromatic nitrogens is 3. The number of aryl methyl sites for hydroxylation is 1. The maximum absolute atomic E-state index is 10.9. The SMILES string of the molecule is COCc1nc2cc(C)cnc2n1Cc1ccc(C(=O)O)o1. The number of imidazole rings is 1. The van der Waals surface area contributed by atoms with Crippen LogP contribution in [0.4, 0.5) is 0 Å². The highest BCUT2D eigenvalue weighted by molar-refractivity contribution is 5.84. The van der Waals surface area contributed by atoms with Gasteiger partial charge in [-0.05, 0) is 30.7 Å². The first kappa shape index (κ1) is 14.3. The minimum absolute atomic E-state index is 0.0866. The van der Waals surface area contributed by atoms with Crippen LogP contribution in [0.5, 0.6) is 0 Å². The fraction of sp³-hybridized carbons (Fsp3) is 0.267. The normalized spacial score (nSPS) is 11.2. The molecule has 0 spiro atoms. The molecule has 0 amide bonds. The number of hydrogen-bond acceptors (Lipinski definition) is 5. The van der Waals surface area contributed by atoms with Crippen LogP contribution in [0.2, 0.25) is 0 Å². The van der Waals surface area contributed by atoms with Gasteiger partial charge < -0.3 is 18.8 Å². The van der Waals surface area contributed by atoms with Crippen LogP contribution in [0.3, 0.4) is 0 Å². The quantitative estimate of drug-likeness (QED) is 0.777. The molecule has 0 saturated heterocycles. The van der Waals surface area contributed by atoms with E-state index in [4.69, 9.17) is 14.3 Å². The molecule has 3 rings (SSSR count). The predicted molar refractivity (Wildman–Crippen MR) is 77.7 cm³/mol. The number of nitrogens with zero attached hydrogens (tertiary/aromatic N) is 3. The fourth-order valence-corrected chi connectivity index (χ4v) is 2.30. The number of methoxy groups -OCH3 is 1. The van der Waals surface area contributed by atoms with E-state index in [0.29, 0.717) is 30.4 Å². The zero-order chi connectivity index (χ0) is 15.7. The Labute approximate surface area is 126 Å². The molecule has 0 saturated carbocycles. The molecule has 3 heterocycles. The molecule has 0 aliphatic heterocycles. The summed E-state index contributed by atoms with van der Waals surface area (Å²) in [6.07, 6.45) is 1.77. The Bertz CT molecular complexity index is 835. The third kappa shape index (κ3) is 2.58. The van der Waals surface area contributed by atoms with Crippen LogP contribution in [0.25, 0.3) is 11.2 Å². The molecule has 0 bridgehead atoms. The molecule has 114 valence electrons. The number of furan rings is 1.